The number of methoxy groups -OCH3 is 1. The van der Waals surface area contributed by atoms with Crippen LogP contribution in [-0.2, 0) is 0 Å². The fourth-order valence-electron chi connectivity index (χ4n) is 4.56. The summed E-state index contributed by atoms with van der Waals surface area (Å²) >= 11 is 0. The zero-order chi connectivity index (χ0) is 23.3. The topological polar surface area (TPSA) is 104 Å². The van der Waals surface area contributed by atoms with Gasteiger partial charge in [0.1, 0.15) is 5.75 Å². The number of fused-ring (bicyclic) bond motifs is 2. The van der Waals surface area contributed by atoms with Crippen LogP contribution in [0.4, 0.5) is 17.2 Å². The van der Waals surface area contributed by atoms with Crippen molar-refractivity contribution in [1.29, 1.82) is 0 Å². The number of imidazole rings is 1. The molecule has 5 aromatic rings. The molecule has 0 bridgehead atoms. The average molecular weight is 456 g/mol. The molecule has 1 aliphatic rings. The molecule has 6 rings (SSSR count). The number of anilines is 3. The van der Waals surface area contributed by atoms with E-state index in [-0.39, 0.29) is 0 Å². The number of nitrogens with one attached hydrogen (secondary N) is 2. The van der Waals surface area contributed by atoms with Gasteiger partial charge in [-0.3, -0.25) is 5.10 Å². The predicted octanol–water partition coefficient (Wildman–Crippen LogP) is 3.99. The number of hydrogen-bond donors (Lipinski definition) is 3. The maximum absolute atomic E-state index is 10.4. The lowest BCUT2D eigenvalue weighted by Crippen LogP contribution is -2.29. The van der Waals surface area contributed by atoms with Crippen molar-refractivity contribution in [1.82, 2.24) is 24.6 Å². The first-order chi connectivity index (χ1) is 16.5. The lowest BCUT2D eigenvalue weighted by Gasteiger charge is -2.23. The standard InChI is InChI=1S/C25H25N7O2/c1-25(33)7-9-32(15-25)21-6-5-18(12-22(21)34-2)28-23-24-26-8-10-31(24)14-20(29-23)16-3-4-17-13-27-30-19(17)11-16/h3-6,8,10-14,33H,7,9,15H2,1-2H3,(H,27,30)(H,28,29)/t25-/m1/s1. The Hall–Kier alpha value is -4.11. The summed E-state index contributed by atoms with van der Waals surface area (Å²) in [6.45, 7) is 3.23. The van der Waals surface area contributed by atoms with Crippen LogP contribution in [0.3, 0.4) is 0 Å². The second-order valence-electron chi connectivity index (χ2n) is 8.99. The second kappa shape index (κ2) is 7.74. The highest BCUT2D eigenvalue weighted by atomic mass is 16.5. The number of H-pyrrole nitrogens is 1. The normalized spacial score (nSPS) is 18.1. The lowest BCUT2D eigenvalue weighted by molar-refractivity contribution is 0.0839. The van der Waals surface area contributed by atoms with Gasteiger partial charge in [0.15, 0.2) is 11.5 Å². The molecule has 1 aliphatic heterocycles. The Morgan fingerprint density at radius 3 is 2.94 bits per heavy atom. The maximum Gasteiger partial charge on any atom is 0.180 e. The molecule has 0 unspecified atom stereocenters. The molecule has 172 valence electrons. The van der Waals surface area contributed by atoms with E-state index in [0.29, 0.717) is 12.4 Å². The summed E-state index contributed by atoms with van der Waals surface area (Å²) in [6, 6.07) is 12.1. The van der Waals surface area contributed by atoms with E-state index in [1.807, 2.05) is 60.1 Å². The van der Waals surface area contributed by atoms with Crippen LogP contribution in [0.2, 0.25) is 0 Å². The average Bonchev–Trinajstić information content (AvgIpc) is 3.57. The smallest absolute Gasteiger partial charge is 0.180 e. The van der Waals surface area contributed by atoms with Crippen LogP contribution in [0, 0.1) is 0 Å². The highest BCUT2D eigenvalue weighted by Gasteiger charge is 2.32. The summed E-state index contributed by atoms with van der Waals surface area (Å²) in [4.78, 5) is 11.5. The summed E-state index contributed by atoms with van der Waals surface area (Å²) in [5.74, 6) is 1.38. The molecule has 0 saturated carbocycles. The van der Waals surface area contributed by atoms with E-state index < -0.39 is 5.60 Å². The van der Waals surface area contributed by atoms with Gasteiger partial charge in [-0.05, 0) is 31.5 Å². The second-order valence-corrected chi connectivity index (χ2v) is 8.99. The Labute approximate surface area is 196 Å². The monoisotopic (exact) mass is 455 g/mol. The maximum atomic E-state index is 10.4. The Morgan fingerprint density at radius 1 is 1.21 bits per heavy atom. The third-order valence-electron chi connectivity index (χ3n) is 6.35. The molecule has 34 heavy (non-hydrogen) atoms. The first-order valence-corrected chi connectivity index (χ1v) is 11.2. The van der Waals surface area contributed by atoms with Crippen LogP contribution < -0.4 is 15.0 Å². The number of ether oxygens (including phenoxy) is 1. The first-order valence-electron chi connectivity index (χ1n) is 11.2. The Kier molecular flexibility index (Phi) is 4.66. The van der Waals surface area contributed by atoms with E-state index in [9.17, 15) is 5.11 Å². The van der Waals surface area contributed by atoms with Gasteiger partial charge < -0.3 is 24.5 Å². The minimum atomic E-state index is -0.683. The largest absolute Gasteiger partial charge is 0.495 e. The third kappa shape index (κ3) is 3.60. The summed E-state index contributed by atoms with van der Waals surface area (Å²) in [7, 11) is 1.66. The molecule has 1 fully saturated rings. The minimum Gasteiger partial charge on any atom is -0.495 e. The van der Waals surface area contributed by atoms with Gasteiger partial charge in [-0.1, -0.05) is 12.1 Å². The van der Waals surface area contributed by atoms with Crippen LogP contribution in [-0.4, -0.2) is 55.5 Å². The third-order valence-corrected chi connectivity index (χ3v) is 6.35. The minimum absolute atomic E-state index is 0.578. The number of aromatic nitrogens is 5. The van der Waals surface area contributed by atoms with Crippen LogP contribution in [0.5, 0.6) is 5.75 Å². The molecule has 2 aromatic carbocycles. The van der Waals surface area contributed by atoms with Crippen molar-refractivity contribution < 1.29 is 9.84 Å². The number of aromatic amines is 1. The molecule has 1 saturated heterocycles. The van der Waals surface area contributed by atoms with Gasteiger partial charge in [0.2, 0.25) is 0 Å². The Morgan fingerprint density at radius 2 is 2.12 bits per heavy atom. The Balaban J connectivity index is 1.36. The summed E-state index contributed by atoms with van der Waals surface area (Å²) in [5.41, 5.74) is 4.59. The van der Waals surface area contributed by atoms with Crippen molar-refractivity contribution in [3.63, 3.8) is 0 Å². The molecule has 3 N–H and O–H groups in total. The Bertz CT molecular complexity index is 1500. The summed E-state index contributed by atoms with van der Waals surface area (Å²) in [6.07, 6.45) is 8.16. The lowest BCUT2D eigenvalue weighted by atomic mass is 10.1. The number of nitrogens with zero attached hydrogens (tertiary/aromatic N) is 5. The number of benzene rings is 2. The molecule has 0 aliphatic carbocycles. The van der Waals surface area contributed by atoms with Crippen LogP contribution in [0.25, 0.3) is 27.8 Å². The van der Waals surface area contributed by atoms with Gasteiger partial charge >= 0.3 is 0 Å². The number of β-amino-alcohol motifs (C(OH)–C–C–N with tert-alkyl or cyclic N) is 1. The molecule has 3 aromatic heterocycles. The highest BCUT2D eigenvalue weighted by molar-refractivity contribution is 5.84. The predicted molar refractivity (Wildman–Crippen MR) is 132 cm³/mol. The summed E-state index contributed by atoms with van der Waals surface area (Å²) < 4.78 is 7.65. The number of hydrogen-bond acceptors (Lipinski definition) is 7. The fraction of sp³-hybridized carbons (Fsp3) is 0.240. The highest BCUT2D eigenvalue weighted by Crippen LogP contribution is 2.36. The van der Waals surface area contributed by atoms with Gasteiger partial charge in [0.05, 0.1) is 35.8 Å². The van der Waals surface area contributed by atoms with Gasteiger partial charge in [-0.15, -0.1) is 0 Å². The van der Waals surface area contributed by atoms with Gasteiger partial charge in [0.25, 0.3) is 0 Å². The quantitative estimate of drug-likeness (QED) is 0.368. The molecule has 4 heterocycles. The number of rotatable bonds is 5. The molecular weight excluding hydrogens is 430 g/mol. The van der Waals surface area contributed by atoms with E-state index in [4.69, 9.17) is 9.72 Å². The molecule has 0 spiro atoms. The molecule has 0 radical (unpaired) electrons. The fourth-order valence-corrected chi connectivity index (χ4v) is 4.56. The van der Waals surface area contributed by atoms with E-state index in [0.717, 1.165) is 57.9 Å². The first kappa shape index (κ1) is 20.5. The van der Waals surface area contributed by atoms with Crippen molar-refractivity contribution in [3.8, 4) is 17.0 Å². The molecule has 1 atom stereocenters. The van der Waals surface area contributed by atoms with E-state index >= 15 is 0 Å². The van der Waals surface area contributed by atoms with Crippen molar-refractivity contribution in [2.45, 2.75) is 18.9 Å². The molecule has 9 nitrogen and oxygen atoms in total. The molecule has 9 heteroatoms. The van der Waals surface area contributed by atoms with E-state index in [2.05, 4.69) is 25.4 Å². The van der Waals surface area contributed by atoms with Gasteiger partial charge in [-0.25, -0.2) is 9.97 Å². The van der Waals surface area contributed by atoms with Crippen molar-refractivity contribution >= 4 is 33.7 Å². The van der Waals surface area contributed by atoms with E-state index in [1.54, 1.807) is 19.5 Å². The van der Waals surface area contributed by atoms with Crippen LogP contribution in [0.15, 0.2) is 61.2 Å². The summed E-state index contributed by atoms with van der Waals surface area (Å²) in [5, 5.41) is 22.0. The van der Waals surface area contributed by atoms with Gasteiger partial charge in [0, 0.05) is 54.4 Å². The van der Waals surface area contributed by atoms with E-state index in [1.165, 1.54) is 0 Å². The zero-order valence-electron chi connectivity index (χ0n) is 19.0. The van der Waals surface area contributed by atoms with Crippen molar-refractivity contribution in [2.75, 3.05) is 30.4 Å². The number of aliphatic hydroxyl groups is 1. The molecule has 0 amide bonds. The molecular formula is C25H25N7O2. The SMILES string of the molecule is COc1cc(Nc2nc(-c3ccc4cn[nH]c4c3)cn3ccnc23)ccc1N1CC[C@@](C)(O)C1. The van der Waals surface area contributed by atoms with Crippen molar-refractivity contribution in [3.05, 3.63) is 61.2 Å². The van der Waals surface area contributed by atoms with Crippen LogP contribution in [0.1, 0.15) is 13.3 Å². The zero-order valence-corrected chi connectivity index (χ0v) is 19.0. The van der Waals surface area contributed by atoms with Gasteiger partial charge in [-0.2, -0.15) is 5.10 Å². The van der Waals surface area contributed by atoms with Crippen LogP contribution >= 0.6 is 0 Å². The van der Waals surface area contributed by atoms with Crippen molar-refractivity contribution in [2.24, 2.45) is 0 Å².